The molecule has 1 saturated heterocycles. The summed E-state index contributed by atoms with van der Waals surface area (Å²) in [4.78, 5) is 15.3. The zero-order valence-electron chi connectivity index (χ0n) is 16.2. The molecule has 3 heterocycles. The van der Waals surface area contributed by atoms with Crippen LogP contribution in [0.3, 0.4) is 0 Å². The number of aliphatic hydroxyl groups excluding tert-OH is 1. The van der Waals surface area contributed by atoms with E-state index >= 15 is 0 Å². The first kappa shape index (κ1) is 17.9. The highest BCUT2D eigenvalue weighted by atomic mass is 16.7. The Bertz CT molecular complexity index is 1170. The summed E-state index contributed by atoms with van der Waals surface area (Å²) in [7, 11) is 1.46. The lowest BCUT2D eigenvalue weighted by molar-refractivity contribution is 0.174. The molecule has 1 aromatic heterocycles. The molecule has 2 aliphatic heterocycles. The van der Waals surface area contributed by atoms with E-state index in [4.69, 9.17) is 18.6 Å². The number of nitrogens with zero attached hydrogens (tertiary/aromatic N) is 1. The van der Waals surface area contributed by atoms with Crippen molar-refractivity contribution in [3.63, 3.8) is 0 Å². The maximum absolute atomic E-state index is 13.3. The van der Waals surface area contributed by atoms with E-state index in [1.54, 1.807) is 12.1 Å². The van der Waals surface area contributed by atoms with Gasteiger partial charge in [-0.1, -0.05) is 0 Å². The number of benzene rings is 2. The SMILES string of the molecule is COc1c(-c2ccc3c(c2)OCO3)oc2c(N3CCC(O)C3)cc(C)cc2c1=O. The van der Waals surface area contributed by atoms with Crippen molar-refractivity contribution in [1.82, 2.24) is 0 Å². The Morgan fingerprint density at radius 3 is 2.76 bits per heavy atom. The summed E-state index contributed by atoms with van der Waals surface area (Å²) < 4.78 is 22.6. The summed E-state index contributed by atoms with van der Waals surface area (Å²) in [5.41, 5.74) is 2.67. The molecule has 29 heavy (non-hydrogen) atoms. The maximum atomic E-state index is 13.3. The van der Waals surface area contributed by atoms with Crippen LogP contribution in [-0.4, -0.2) is 38.2 Å². The van der Waals surface area contributed by atoms with Crippen molar-refractivity contribution in [3.8, 4) is 28.6 Å². The average molecular weight is 395 g/mol. The van der Waals surface area contributed by atoms with Crippen LogP contribution < -0.4 is 24.5 Å². The molecule has 0 radical (unpaired) electrons. The molecule has 3 aromatic rings. The van der Waals surface area contributed by atoms with Gasteiger partial charge in [0.2, 0.25) is 18.0 Å². The highest BCUT2D eigenvalue weighted by molar-refractivity contribution is 5.92. The first-order chi connectivity index (χ1) is 14.0. The van der Waals surface area contributed by atoms with Gasteiger partial charge < -0.3 is 28.6 Å². The van der Waals surface area contributed by atoms with E-state index in [1.807, 2.05) is 25.1 Å². The number of ether oxygens (including phenoxy) is 3. The van der Waals surface area contributed by atoms with Crippen LogP contribution in [0.1, 0.15) is 12.0 Å². The van der Waals surface area contributed by atoms with Crippen LogP contribution >= 0.6 is 0 Å². The van der Waals surface area contributed by atoms with Gasteiger partial charge >= 0.3 is 0 Å². The predicted octanol–water partition coefficient (Wildman–Crippen LogP) is 3.08. The smallest absolute Gasteiger partial charge is 0.235 e. The second-order valence-electron chi connectivity index (χ2n) is 7.41. The Labute approximate surface area is 167 Å². The predicted molar refractivity (Wildman–Crippen MR) is 108 cm³/mol. The summed E-state index contributed by atoms with van der Waals surface area (Å²) in [5.74, 6) is 1.74. The van der Waals surface area contributed by atoms with Crippen molar-refractivity contribution >= 4 is 16.7 Å². The van der Waals surface area contributed by atoms with Gasteiger partial charge in [-0.15, -0.1) is 0 Å². The first-order valence-electron chi connectivity index (χ1n) is 9.53. The van der Waals surface area contributed by atoms with Gasteiger partial charge in [0.05, 0.1) is 24.3 Å². The van der Waals surface area contributed by atoms with E-state index in [9.17, 15) is 9.90 Å². The van der Waals surface area contributed by atoms with Crippen LogP contribution in [0, 0.1) is 6.92 Å². The third kappa shape index (κ3) is 2.89. The summed E-state index contributed by atoms with van der Waals surface area (Å²) >= 11 is 0. The molecular formula is C22H21NO6. The van der Waals surface area contributed by atoms with Gasteiger partial charge in [-0.3, -0.25) is 4.79 Å². The van der Waals surface area contributed by atoms with Gasteiger partial charge in [-0.05, 0) is 49.2 Å². The Morgan fingerprint density at radius 2 is 2.00 bits per heavy atom. The molecule has 1 fully saturated rings. The van der Waals surface area contributed by atoms with Gasteiger partial charge in [-0.2, -0.15) is 0 Å². The van der Waals surface area contributed by atoms with Gasteiger partial charge in [0, 0.05) is 18.7 Å². The summed E-state index contributed by atoms with van der Waals surface area (Å²) in [6.45, 7) is 3.31. The molecule has 7 heteroatoms. The van der Waals surface area contributed by atoms with Crippen molar-refractivity contribution in [2.24, 2.45) is 0 Å². The van der Waals surface area contributed by atoms with Gasteiger partial charge in [-0.25, -0.2) is 0 Å². The van der Waals surface area contributed by atoms with Crippen LogP contribution in [0.4, 0.5) is 5.69 Å². The molecule has 150 valence electrons. The third-order valence-electron chi connectivity index (χ3n) is 5.42. The van der Waals surface area contributed by atoms with E-state index < -0.39 is 0 Å². The fraction of sp³-hybridized carbons (Fsp3) is 0.318. The first-order valence-corrected chi connectivity index (χ1v) is 9.53. The fourth-order valence-electron chi connectivity index (χ4n) is 4.01. The zero-order chi connectivity index (χ0) is 20.1. The number of aryl methyl sites for hydroxylation is 1. The van der Waals surface area contributed by atoms with Crippen molar-refractivity contribution in [2.45, 2.75) is 19.4 Å². The highest BCUT2D eigenvalue weighted by Crippen LogP contribution is 2.40. The van der Waals surface area contributed by atoms with Crippen LogP contribution in [0.15, 0.2) is 39.5 Å². The van der Waals surface area contributed by atoms with Gasteiger partial charge in [0.25, 0.3) is 0 Å². The van der Waals surface area contributed by atoms with E-state index in [1.165, 1.54) is 7.11 Å². The molecule has 1 atom stereocenters. The number of rotatable bonds is 3. The molecule has 0 spiro atoms. The standard InChI is InChI=1S/C22H21NO6/c1-12-7-15-19(25)22(26-2)20(13-3-4-17-18(9-13)28-11-27-17)29-21(15)16(8-12)23-6-5-14(24)10-23/h3-4,7-9,14,24H,5-6,10-11H2,1-2H3. The molecule has 7 nitrogen and oxygen atoms in total. The number of fused-ring (bicyclic) bond motifs is 2. The summed E-state index contributed by atoms with van der Waals surface area (Å²) in [6.07, 6.45) is 0.300. The van der Waals surface area contributed by atoms with Gasteiger partial charge in [0.1, 0.15) is 0 Å². The van der Waals surface area contributed by atoms with Crippen molar-refractivity contribution < 1.29 is 23.7 Å². The maximum Gasteiger partial charge on any atom is 0.235 e. The van der Waals surface area contributed by atoms with Gasteiger partial charge in [0.15, 0.2) is 22.8 Å². The third-order valence-corrected chi connectivity index (χ3v) is 5.42. The molecule has 0 saturated carbocycles. The molecule has 0 bridgehead atoms. The molecule has 2 aromatic carbocycles. The lowest BCUT2D eigenvalue weighted by Gasteiger charge is -2.20. The second-order valence-corrected chi connectivity index (χ2v) is 7.41. The Kier molecular flexibility index (Phi) is 4.13. The Hall–Kier alpha value is -3.19. The minimum absolute atomic E-state index is 0.148. The Balaban J connectivity index is 1.76. The number of anilines is 1. The van der Waals surface area contributed by atoms with Crippen molar-refractivity contribution in [1.29, 1.82) is 0 Å². The van der Waals surface area contributed by atoms with Crippen LogP contribution in [-0.2, 0) is 0 Å². The molecule has 2 aliphatic rings. The van der Waals surface area contributed by atoms with Crippen LogP contribution in [0.5, 0.6) is 17.2 Å². The zero-order valence-corrected chi connectivity index (χ0v) is 16.2. The minimum atomic E-state index is -0.385. The van der Waals surface area contributed by atoms with E-state index in [0.29, 0.717) is 53.3 Å². The Morgan fingerprint density at radius 1 is 1.17 bits per heavy atom. The van der Waals surface area contributed by atoms with Crippen LogP contribution in [0.2, 0.25) is 0 Å². The average Bonchev–Trinajstić information content (AvgIpc) is 3.36. The normalized spacial score (nSPS) is 17.9. The number of hydrogen-bond donors (Lipinski definition) is 1. The number of hydrogen-bond acceptors (Lipinski definition) is 7. The number of methoxy groups -OCH3 is 1. The monoisotopic (exact) mass is 395 g/mol. The second kappa shape index (κ2) is 6.70. The fourth-order valence-corrected chi connectivity index (χ4v) is 4.01. The molecule has 0 amide bonds. The minimum Gasteiger partial charge on any atom is -0.490 e. The molecule has 5 rings (SSSR count). The number of β-amino-alcohol motifs (C(OH)–C–C–N with tert-alkyl or cyclic N) is 1. The molecule has 1 unspecified atom stereocenters. The van der Waals surface area contributed by atoms with Crippen molar-refractivity contribution in [3.05, 3.63) is 46.1 Å². The lowest BCUT2D eigenvalue weighted by Crippen LogP contribution is -2.22. The van der Waals surface area contributed by atoms with E-state index in [2.05, 4.69) is 4.90 Å². The molecule has 0 aliphatic carbocycles. The summed E-state index contributed by atoms with van der Waals surface area (Å²) in [5, 5.41) is 10.4. The lowest BCUT2D eigenvalue weighted by atomic mass is 10.1. The summed E-state index contributed by atoms with van der Waals surface area (Å²) in [6, 6.07) is 9.17. The van der Waals surface area contributed by atoms with Crippen LogP contribution in [0.25, 0.3) is 22.3 Å². The number of aliphatic hydroxyl groups is 1. The van der Waals surface area contributed by atoms with Crippen molar-refractivity contribution in [2.75, 3.05) is 31.9 Å². The topological polar surface area (TPSA) is 81.4 Å². The quantitative estimate of drug-likeness (QED) is 0.730. The van der Waals surface area contributed by atoms with E-state index in [-0.39, 0.29) is 24.1 Å². The van der Waals surface area contributed by atoms with E-state index in [0.717, 1.165) is 11.3 Å². The highest BCUT2D eigenvalue weighted by Gasteiger charge is 2.26. The molecule has 1 N–H and O–H groups in total. The largest absolute Gasteiger partial charge is 0.490 e. The molecular weight excluding hydrogens is 374 g/mol.